The molecule has 328 valence electrons. The minimum atomic E-state index is -3.90. The molecule has 2 N–H and O–H groups in total. The average molecular weight is 914 g/mol. The van der Waals surface area contributed by atoms with Gasteiger partial charge in [0.25, 0.3) is 0 Å². The molecule has 0 spiro atoms. The lowest BCUT2D eigenvalue weighted by Crippen LogP contribution is -2.34. The summed E-state index contributed by atoms with van der Waals surface area (Å²) in [6, 6.07) is 0. The second-order valence-corrected chi connectivity index (χ2v) is 20.9. The Morgan fingerprint density at radius 3 is 1.30 bits per heavy atom. The molecule has 2 aliphatic carbocycles. The van der Waals surface area contributed by atoms with E-state index in [1.165, 1.54) is 52.9 Å². The van der Waals surface area contributed by atoms with Crippen molar-refractivity contribution in [2.75, 3.05) is 36.9 Å². The smallest absolute Gasteiger partial charge is 0.240 e. The third-order valence-corrected chi connectivity index (χ3v) is 15.2. The van der Waals surface area contributed by atoms with Crippen LogP contribution in [-0.4, -0.2) is 104 Å². The third-order valence-electron chi connectivity index (χ3n) is 11.4. The molecule has 0 radical (unpaired) electrons. The van der Waals surface area contributed by atoms with E-state index in [0.29, 0.717) is 34.9 Å². The lowest BCUT2D eigenvalue weighted by atomic mass is 10.2. The molecule has 4 aromatic rings. The molecule has 4 aromatic heterocycles. The standard InChI is InChI=1S/2C18H25ClN6O4S/c2*1-11(14(28-3)15-20-9-12(19)10-21-15)30(26,27)24-17-23-22-16(13-5-4-8-29-13)25(17)18(2)6-7-18/h2*9-11,13-14H,4-8H2,1-3H3,(H,23,24)/t11-,13+,14-;11-,13-,14-/m00/s1. The van der Waals surface area contributed by atoms with Gasteiger partial charge in [-0.05, 0) is 79.1 Å². The fourth-order valence-electron chi connectivity index (χ4n) is 7.30. The number of sulfonamides is 2. The number of halogens is 2. The first-order valence-electron chi connectivity index (χ1n) is 19.7. The van der Waals surface area contributed by atoms with E-state index in [1.807, 2.05) is 9.13 Å². The average Bonchev–Trinajstić information content (AvgIpc) is 3.71. The van der Waals surface area contributed by atoms with Crippen LogP contribution in [0, 0.1) is 0 Å². The first-order valence-corrected chi connectivity index (χ1v) is 23.5. The Hall–Kier alpha value is -3.64. The van der Waals surface area contributed by atoms with Crippen LogP contribution in [0.2, 0.25) is 10.0 Å². The van der Waals surface area contributed by atoms with E-state index in [1.54, 1.807) is 0 Å². The Labute approximate surface area is 359 Å². The van der Waals surface area contributed by atoms with Crippen molar-refractivity contribution in [3.05, 3.63) is 58.1 Å². The first-order chi connectivity index (χ1) is 28.5. The van der Waals surface area contributed by atoms with Crippen LogP contribution in [-0.2, 0) is 50.1 Å². The minimum absolute atomic E-state index is 0.167. The van der Waals surface area contributed by atoms with Crippen LogP contribution in [0.5, 0.6) is 0 Å². The molecule has 20 nitrogen and oxygen atoms in total. The van der Waals surface area contributed by atoms with Crippen molar-refractivity contribution in [3.63, 3.8) is 0 Å². The third kappa shape index (κ3) is 9.39. The van der Waals surface area contributed by atoms with Gasteiger partial charge in [0.1, 0.15) is 34.9 Å². The van der Waals surface area contributed by atoms with Gasteiger partial charge in [-0.3, -0.25) is 18.6 Å². The molecule has 4 aliphatic rings. The molecule has 0 amide bonds. The summed E-state index contributed by atoms with van der Waals surface area (Å²) in [6.45, 7) is 8.54. The fraction of sp³-hybridized carbons (Fsp3) is 0.667. The highest BCUT2D eigenvalue weighted by atomic mass is 35.5. The normalized spacial score (nSPS) is 22.6. The van der Waals surface area contributed by atoms with Gasteiger partial charge < -0.3 is 18.9 Å². The summed E-state index contributed by atoms with van der Waals surface area (Å²) >= 11 is 11.7. The molecular formula is C36H50Cl2N12O8S2. The number of ether oxygens (including phenoxy) is 4. The summed E-state index contributed by atoms with van der Waals surface area (Å²) in [4.78, 5) is 16.4. The molecule has 4 fully saturated rings. The molecule has 0 unspecified atom stereocenters. The van der Waals surface area contributed by atoms with Gasteiger partial charge in [0.05, 0.1) is 10.0 Å². The van der Waals surface area contributed by atoms with Gasteiger partial charge in [0.2, 0.25) is 31.9 Å². The molecule has 2 saturated carbocycles. The van der Waals surface area contributed by atoms with Crippen LogP contribution in [0.4, 0.5) is 11.9 Å². The minimum Gasteiger partial charge on any atom is -0.372 e. The summed E-state index contributed by atoms with van der Waals surface area (Å²) in [7, 11) is -4.97. The molecule has 6 atom stereocenters. The zero-order chi connectivity index (χ0) is 43.0. The van der Waals surface area contributed by atoms with Gasteiger partial charge in [-0.25, -0.2) is 36.8 Å². The Bertz CT molecular complexity index is 2170. The lowest BCUT2D eigenvalue weighted by molar-refractivity contribution is 0.0949. The predicted octanol–water partition coefficient (Wildman–Crippen LogP) is 5.20. The van der Waals surface area contributed by atoms with Crippen molar-refractivity contribution in [3.8, 4) is 0 Å². The number of nitrogens with one attached hydrogen (secondary N) is 2. The van der Waals surface area contributed by atoms with Gasteiger partial charge in [0, 0.05) is 63.3 Å². The largest absolute Gasteiger partial charge is 0.372 e. The van der Waals surface area contributed by atoms with Crippen LogP contribution >= 0.6 is 23.2 Å². The molecule has 24 heteroatoms. The van der Waals surface area contributed by atoms with E-state index >= 15 is 0 Å². The number of hydrogen-bond donors (Lipinski definition) is 2. The van der Waals surface area contributed by atoms with E-state index in [0.717, 1.165) is 51.4 Å². The van der Waals surface area contributed by atoms with Gasteiger partial charge in [-0.2, -0.15) is 0 Å². The summed E-state index contributed by atoms with van der Waals surface area (Å²) in [5, 5.41) is 15.6. The van der Waals surface area contributed by atoms with E-state index in [9.17, 15) is 16.8 Å². The number of hydrogen-bond acceptors (Lipinski definition) is 16. The van der Waals surface area contributed by atoms with Crippen molar-refractivity contribution in [2.24, 2.45) is 0 Å². The van der Waals surface area contributed by atoms with Crippen molar-refractivity contribution >= 4 is 55.1 Å². The fourth-order valence-corrected chi connectivity index (χ4v) is 9.75. The number of methoxy groups -OCH3 is 2. The topological polar surface area (TPSA) is 242 Å². The molecule has 0 bridgehead atoms. The monoisotopic (exact) mass is 912 g/mol. The van der Waals surface area contributed by atoms with Gasteiger partial charge in [0.15, 0.2) is 23.3 Å². The van der Waals surface area contributed by atoms with Gasteiger partial charge in [-0.1, -0.05) is 23.2 Å². The number of anilines is 2. The Morgan fingerprint density at radius 2 is 1.02 bits per heavy atom. The second kappa shape index (κ2) is 17.6. The number of nitrogens with zero attached hydrogens (tertiary/aromatic N) is 10. The molecular weight excluding hydrogens is 864 g/mol. The zero-order valence-corrected chi connectivity index (χ0v) is 37.3. The van der Waals surface area contributed by atoms with Crippen LogP contribution in [0.1, 0.15) is 127 Å². The molecule has 6 heterocycles. The van der Waals surface area contributed by atoms with Crippen molar-refractivity contribution in [1.29, 1.82) is 0 Å². The van der Waals surface area contributed by atoms with E-state index in [2.05, 4.69) is 63.6 Å². The van der Waals surface area contributed by atoms with Gasteiger partial charge in [-0.15, -0.1) is 20.4 Å². The van der Waals surface area contributed by atoms with Crippen molar-refractivity contribution in [2.45, 2.75) is 125 Å². The SMILES string of the molecule is CO[C@H](c1ncc(Cl)cn1)[C@H](C)S(=O)(=O)Nc1nnc([C@@H]2CCCO2)n1C1(C)CC1.CO[C@H](c1ncc(Cl)cn1)[C@H](C)S(=O)(=O)Nc1nnc([C@H]2CCCO2)n1C1(C)CC1. The first kappa shape index (κ1) is 44.4. The van der Waals surface area contributed by atoms with Crippen LogP contribution < -0.4 is 9.44 Å². The highest BCUT2D eigenvalue weighted by Gasteiger charge is 2.47. The zero-order valence-electron chi connectivity index (χ0n) is 34.2. The van der Waals surface area contributed by atoms with Crippen LogP contribution in [0.15, 0.2) is 24.8 Å². The predicted molar refractivity (Wildman–Crippen MR) is 219 cm³/mol. The Balaban J connectivity index is 0.000000181. The molecule has 8 rings (SSSR count). The molecule has 2 aliphatic heterocycles. The molecule has 2 saturated heterocycles. The summed E-state index contributed by atoms with van der Waals surface area (Å²) in [6.07, 6.45) is 10.8. The Morgan fingerprint density at radius 1 is 0.667 bits per heavy atom. The maximum atomic E-state index is 13.2. The van der Waals surface area contributed by atoms with Crippen LogP contribution in [0.25, 0.3) is 0 Å². The van der Waals surface area contributed by atoms with Crippen LogP contribution in [0.3, 0.4) is 0 Å². The quantitative estimate of drug-likeness (QED) is 0.147. The maximum Gasteiger partial charge on any atom is 0.240 e. The summed E-state index contributed by atoms with van der Waals surface area (Å²) in [5.74, 6) is 2.19. The summed E-state index contributed by atoms with van der Waals surface area (Å²) < 4.78 is 84.1. The maximum absolute atomic E-state index is 13.2. The van der Waals surface area contributed by atoms with Gasteiger partial charge >= 0.3 is 0 Å². The van der Waals surface area contributed by atoms with Crippen molar-refractivity contribution in [1.82, 2.24) is 49.5 Å². The molecule has 0 aromatic carbocycles. The number of rotatable bonds is 16. The summed E-state index contributed by atoms with van der Waals surface area (Å²) in [5.41, 5.74) is -0.433. The highest BCUT2D eigenvalue weighted by Crippen LogP contribution is 2.48. The lowest BCUT2D eigenvalue weighted by Gasteiger charge is -2.24. The Kier molecular flexibility index (Phi) is 13.0. The van der Waals surface area contributed by atoms with E-state index in [4.69, 9.17) is 42.1 Å². The van der Waals surface area contributed by atoms with E-state index < -0.39 is 42.8 Å². The molecule has 60 heavy (non-hydrogen) atoms. The second-order valence-electron chi connectivity index (χ2n) is 16.0. The highest BCUT2D eigenvalue weighted by molar-refractivity contribution is 7.93. The number of aromatic nitrogens is 10. The van der Waals surface area contributed by atoms with Crippen molar-refractivity contribution < 1.29 is 35.8 Å². The van der Waals surface area contributed by atoms with E-state index in [-0.39, 0.29) is 46.8 Å².